The molecule has 5 rings (SSSR count). The third-order valence-corrected chi connectivity index (χ3v) is 9.22. The van der Waals surface area contributed by atoms with Crippen molar-refractivity contribution in [3.63, 3.8) is 0 Å². The van der Waals surface area contributed by atoms with Gasteiger partial charge in [0.15, 0.2) is 0 Å². The molecule has 1 aromatic carbocycles. The summed E-state index contributed by atoms with van der Waals surface area (Å²) in [5.74, 6) is -0.0858. The lowest BCUT2D eigenvalue weighted by atomic mass is 9.80. The number of unbranched alkanes of at least 4 members (excludes halogenated alkanes) is 1. The molecule has 2 atom stereocenters. The van der Waals surface area contributed by atoms with Crippen molar-refractivity contribution >= 4 is 36.6 Å². The smallest absolute Gasteiger partial charge is 0.248 e. The molecule has 2 N–H and O–H groups in total. The fourth-order valence-corrected chi connectivity index (χ4v) is 6.81. The van der Waals surface area contributed by atoms with Crippen LogP contribution in [0.4, 0.5) is 0 Å². The summed E-state index contributed by atoms with van der Waals surface area (Å²) in [5, 5.41) is 18.9. The number of halogens is 2. The van der Waals surface area contributed by atoms with E-state index in [1.54, 1.807) is 0 Å². The molecular formula is C30H45Cl2N5O3. The van der Waals surface area contributed by atoms with E-state index in [9.17, 15) is 14.7 Å². The zero-order chi connectivity index (χ0) is 26.9. The Labute approximate surface area is 250 Å². The number of carbonyl (C=O) groups excluding carboxylic acids is 2. The van der Waals surface area contributed by atoms with Gasteiger partial charge in [-0.2, -0.15) is 5.10 Å². The van der Waals surface area contributed by atoms with Crippen molar-refractivity contribution in [1.29, 1.82) is 0 Å². The zero-order valence-electron chi connectivity index (χ0n) is 24.0. The fraction of sp³-hybridized carbons (Fsp3) is 0.633. The second-order valence-electron chi connectivity index (χ2n) is 11.5. The normalized spacial score (nSPS) is 22.1. The summed E-state index contributed by atoms with van der Waals surface area (Å²) in [4.78, 5) is 31.7. The monoisotopic (exact) mass is 593 g/mol. The Balaban J connectivity index is 0.00000220. The minimum Gasteiger partial charge on any atom is -0.390 e. The van der Waals surface area contributed by atoms with Gasteiger partial charge in [-0.1, -0.05) is 44.4 Å². The summed E-state index contributed by atoms with van der Waals surface area (Å²) in [6.07, 6.45) is 6.23. The lowest BCUT2D eigenvalue weighted by Crippen LogP contribution is -2.75. The minimum absolute atomic E-state index is 0. The number of piperazine rings is 1. The highest BCUT2D eigenvalue weighted by molar-refractivity contribution is 6.00. The lowest BCUT2D eigenvalue weighted by molar-refractivity contribution is -0.165. The third kappa shape index (κ3) is 6.06. The molecule has 8 nitrogen and oxygen atoms in total. The minimum atomic E-state index is -0.826. The van der Waals surface area contributed by atoms with E-state index < -0.39 is 17.7 Å². The van der Waals surface area contributed by atoms with E-state index >= 15 is 0 Å². The van der Waals surface area contributed by atoms with Crippen LogP contribution in [-0.2, 0) is 16.1 Å². The van der Waals surface area contributed by atoms with Crippen LogP contribution in [0.15, 0.2) is 30.3 Å². The molecule has 2 aromatic rings. The average molecular weight is 595 g/mol. The molecule has 2 amide bonds. The van der Waals surface area contributed by atoms with E-state index in [4.69, 9.17) is 5.10 Å². The number of benzene rings is 1. The number of likely N-dealkylation sites (tertiary alicyclic amines) is 1. The number of aliphatic hydroxyl groups is 1. The molecule has 0 radical (unpaired) electrons. The SMILES string of the molecule is CCCCN1C(=O)[C@@H]([C@H](O)C2CCCC2)NC(=O)C12CCN(Cc1c(C)nn(-c3ccccc3)c1C)CC2.Cl.Cl. The number of hydrogen-bond donors (Lipinski definition) is 2. The first-order valence-electron chi connectivity index (χ1n) is 14.5. The zero-order valence-corrected chi connectivity index (χ0v) is 25.6. The molecule has 10 heteroatoms. The van der Waals surface area contributed by atoms with Gasteiger partial charge in [0.1, 0.15) is 11.6 Å². The number of aromatic nitrogens is 2. The molecule has 3 aliphatic rings. The predicted octanol–water partition coefficient (Wildman–Crippen LogP) is 4.35. The van der Waals surface area contributed by atoms with Gasteiger partial charge in [-0.15, -0.1) is 24.8 Å². The van der Waals surface area contributed by atoms with Crippen molar-refractivity contribution < 1.29 is 14.7 Å². The van der Waals surface area contributed by atoms with Crippen molar-refractivity contribution in [2.75, 3.05) is 19.6 Å². The number of nitrogens with zero attached hydrogens (tertiary/aromatic N) is 4. The lowest BCUT2D eigenvalue weighted by Gasteiger charge is -2.52. The Morgan fingerprint density at radius 1 is 1.07 bits per heavy atom. The average Bonchev–Trinajstić information content (AvgIpc) is 3.57. The second kappa shape index (κ2) is 13.7. The number of aliphatic hydroxyl groups excluding tert-OH is 1. The second-order valence-corrected chi connectivity index (χ2v) is 11.5. The quantitative estimate of drug-likeness (QED) is 0.475. The van der Waals surface area contributed by atoms with Crippen molar-refractivity contribution in [1.82, 2.24) is 24.9 Å². The summed E-state index contributed by atoms with van der Waals surface area (Å²) in [7, 11) is 0. The van der Waals surface area contributed by atoms with Crippen molar-refractivity contribution in [3.05, 3.63) is 47.3 Å². The van der Waals surface area contributed by atoms with Crippen LogP contribution in [0.5, 0.6) is 0 Å². The van der Waals surface area contributed by atoms with Crippen molar-refractivity contribution in [2.45, 2.75) is 96.4 Å². The molecule has 1 saturated carbocycles. The number of piperidine rings is 1. The van der Waals surface area contributed by atoms with E-state index in [0.29, 0.717) is 19.4 Å². The van der Waals surface area contributed by atoms with E-state index in [0.717, 1.165) is 75.2 Å². The summed E-state index contributed by atoms with van der Waals surface area (Å²) in [6, 6.07) is 9.36. The number of aryl methyl sites for hydroxylation is 1. The maximum atomic E-state index is 13.8. The molecule has 3 heterocycles. The largest absolute Gasteiger partial charge is 0.390 e. The molecule has 40 heavy (non-hydrogen) atoms. The van der Waals surface area contributed by atoms with E-state index in [1.807, 2.05) is 27.8 Å². The Morgan fingerprint density at radius 2 is 1.73 bits per heavy atom. The maximum absolute atomic E-state index is 13.8. The molecule has 1 aliphatic carbocycles. The van der Waals surface area contributed by atoms with Crippen LogP contribution in [0.25, 0.3) is 5.69 Å². The van der Waals surface area contributed by atoms with E-state index in [2.05, 4.69) is 43.1 Å². The maximum Gasteiger partial charge on any atom is 0.248 e. The first-order valence-corrected chi connectivity index (χ1v) is 14.5. The van der Waals surface area contributed by atoms with Gasteiger partial charge in [0.05, 0.1) is 17.5 Å². The van der Waals surface area contributed by atoms with Gasteiger partial charge in [0, 0.05) is 37.4 Å². The standard InChI is InChI=1S/C30H43N5O3.2ClH/c1-4-5-17-34-28(37)26(27(36)23-11-9-10-12-23)31-29(38)30(34)15-18-33(19-16-30)20-25-21(2)32-35(22(25)3)24-13-7-6-8-14-24;;/h6-8,13-14,23,26-27,36H,4-5,9-12,15-20H2,1-3H3,(H,31,38);2*1H/t26-,27-;;/m1../s1. The molecule has 0 bridgehead atoms. The summed E-state index contributed by atoms with van der Waals surface area (Å²) in [6.45, 7) is 9.08. The summed E-state index contributed by atoms with van der Waals surface area (Å²) >= 11 is 0. The molecule has 2 aliphatic heterocycles. The van der Waals surface area contributed by atoms with Crippen LogP contribution >= 0.6 is 24.8 Å². The number of amides is 2. The van der Waals surface area contributed by atoms with Crippen LogP contribution in [0, 0.1) is 19.8 Å². The topological polar surface area (TPSA) is 90.7 Å². The van der Waals surface area contributed by atoms with Crippen LogP contribution in [-0.4, -0.2) is 73.8 Å². The molecular weight excluding hydrogens is 549 g/mol. The third-order valence-electron chi connectivity index (χ3n) is 9.22. The number of hydrogen-bond acceptors (Lipinski definition) is 5. The number of carbonyl (C=O) groups is 2. The molecule has 1 spiro atoms. The van der Waals surface area contributed by atoms with E-state index in [1.165, 1.54) is 5.56 Å². The van der Waals surface area contributed by atoms with Crippen LogP contribution in [0.3, 0.4) is 0 Å². The molecule has 1 aromatic heterocycles. The predicted molar refractivity (Wildman–Crippen MR) is 161 cm³/mol. The molecule has 3 fully saturated rings. The molecule has 222 valence electrons. The number of rotatable bonds is 8. The van der Waals surface area contributed by atoms with Gasteiger partial charge < -0.3 is 15.3 Å². The van der Waals surface area contributed by atoms with Gasteiger partial charge in [0.25, 0.3) is 0 Å². The van der Waals surface area contributed by atoms with Crippen LogP contribution in [0.2, 0.25) is 0 Å². The Kier molecular flexibility index (Phi) is 11.1. The van der Waals surface area contributed by atoms with Crippen LogP contribution in [0.1, 0.15) is 75.2 Å². The highest BCUT2D eigenvalue weighted by Crippen LogP contribution is 2.37. The van der Waals surface area contributed by atoms with Gasteiger partial charge >= 0.3 is 0 Å². The first kappa shape index (κ1) is 32.4. The number of nitrogens with one attached hydrogen (secondary N) is 1. The first-order chi connectivity index (χ1) is 18.4. The van der Waals surface area contributed by atoms with Crippen molar-refractivity contribution in [2.24, 2.45) is 5.92 Å². The highest BCUT2D eigenvalue weighted by atomic mass is 35.5. The number of para-hydroxylation sites is 1. The molecule has 2 saturated heterocycles. The van der Waals surface area contributed by atoms with Gasteiger partial charge in [0.2, 0.25) is 11.8 Å². The summed E-state index contributed by atoms with van der Waals surface area (Å²) < 4.78 is 2.01. The van der Waals surface area contributed by atoms with Gasteiger partial charge in [-0.3, -0.25) is 14.5 Å². The summed E-state index contributed by atoms with van der Waals surface area (Å²) in [5.41, 5.74) is 3.60. The van der Waals surface area contributed by atoms with Crippen LogP contribution < -0.4 is 5.32 Å². The van der Waals surface area contributed by atoms with Crippen molar-refractivity contribution in [3.8, 4) is 5.69 Å². The highest BCUT2D eigenvalue weighted by Gasteiger charge is 2.55. The van der Waals surface area contributed by atoms with E-state index in [-0.39, 0.29) is 42.5 Å². The Bertz CT molecular complexity index is 1140. The molecule has 0 unspecified atom stereocenters. The Hall–Kier alpha value is -2.13. The fourth-order valence-electron chi connectivity index (χ4n) is 6.81. The Morgan fingerprint density at radius 3 is 2.35 bits per heavy atom. The van der Waals surface area contributed by atoms with Gasteiger partial charge in [-0.25, -0.2) is 4.68 Å². The van der Waals surface area contributed by atoms with Gasteiger partial charge in [-0.05, 0) is 64.0 Å².